The van der Waals surface area contributed by atoms with E-state index in [4.69, 9.17) is 4.42 Å². The highest BCUT2D eigenvalue weighted by molar-refractivity contribution is 5.85. The number of likely N-dealkylation sites (N-methyl/N-ethyl adjacent to an activating group) is 1. The number of carbonyl (C=O) groups is 1. The number of nitrogens with one attached hydrogen (secondary N) is 2. The molecule has 2 rings (SSSR count). The van der Waals surface area contributed by atoms with Gasteiger partial charge in [0.2, 0.25) is 5.91 Å². The minimum Gasteiger partial charge on any atom is -0.460 e. The number of carbonyl (C=O) groups excluding carboxylic acids is 1. The van der Waals surface area contributed by atoms with Gasteiger partial charge >= 0.3 is 0 Å². The zero-order valence-corrected chi connectivity index (χ0v) is 12.8. The second-order valence-electron chi connectivity index (χ2n) is 4.84. The SMILES string of the molecule is CNC(C)CNC(=O)C(C)c1cc2ccccc2o1.Cl. The van der Waals surface area contributed by atoms with E-state index in [0.29, 0.717) is 12.3 Å². The molecule has 0 aliphatic heterocycles. The van der Waals surface area contributed by atoms with Crippen molar-refractivity contribution in [2.75, 3.05) is 13.6 Å². The topological polar surface area (TPSA) is 54.3 Å². The Bertz CT molecular complexity index is 535. The van der Waals surface area contributed by atoms with Crippen molar-refractivity contribution in [3.8, 4) is 0 Å². The first-order valence-electron chi connectivity index (χ1n) is 6.55. The average molecular weight is 297 g/mol. The summed E-state index contributed by atoms with van der Waals surface area (Å²) in [5.41, 5.74) is 0.820. The minimum absolute atomic E-state index is 0. The maximum atomic E-state index is 12.0. The molecular weight excluding hydrogens is 276 g/mol. The number of halogens is 1. The number of benzene rings is 1. The van der Waals surface area contributed by atoms with E-state index in [1.165, 1.54) is 0 Å². The van der Waals surface area contributed by atoms with Crippen LogP contribution in [0.2, 0.25) is 0 Å². The molecule has 0 spiro atoms. The summed E-state index contributed by atoms with van der Waals surface area (Å²) in [5.74, 6) is 0.411. The maximum Gasteiger partial charge on any atom is 0.230 e. The molecule has 0 saturated carbocycles. The molecule has 1 heterocycles. The number of hydrogen-bond acceptors (Lipinski definition) is 3. The highest BCUT2D eigenvalue weighted by atomic mass is 35.5. The van der Waals surface area contributed by atoms with Crippen LogP contribution in [0.5, 0.6) is 0 Å². The molecular formula is C15H21ClN2O2. The van der Waals surface area contributed by atoms with Gasteiger partial charge in [-0.3, -0.25) is 4.79 Å². The lowest BCUT2D eigenvalue weighted by molar-refractivity contribution is -0.122. The van der Waals surface area contributed by atoms with E-state index in [2.05, 4.69) is 10.6 Å². The number of furan rings is 1. The second-order valence-corrected chi connectivity index (χ2v) is 4.84. The van der Waals surface area contributed by atoms with Gasteiger partial charge in [-0.05, 0) is 33.0 Å². The van der Waals surface area contributed by atoms with Crippen molar-refractivity contribution in [1.82, 2.24) is 10.6 Å². The van der Waals surface area contributed by atoms with Gasteiger partial charge in [0.1, 0.15) is 11.3 Å². The summed E-state index contributed by atoms with van der Waals surface area (Å²) in [6.45, 7) is 4.49. The lowest BCUT2D eigenvalue weighted by Gasteiger charge is -2.13. The number of rotatable bonds is 5. The Morgan fingerprint density at radius 3 is 2.65 bits per heavy atom. The van der Waals surface area contributed by atoms with E-state index in [0.717, 1.165) is 11.0 Å². The summed E-state index contributed by atoms with van der Waals surface area (Å²) in [6, 6.07) is 9.96. The molecule has 110 valence electrons. The monoisotopic (exact) mass is 296 g/mol. The number of fused-ring (bicyclic) bond motifs is 1. The molecule has 2 N–H and O–H groups in total. The quantitative estimate of drug-likeness (QED) is 0.892. The highest BCUT2D eigenvalue weighted by Crippen LogP contribution is 2.24. The summed E-state index contributed by atoms with van der Waals surface area (Å²) >= 11 is 0. The molecule has 1 aromatic carbocycles. The maximum absolute atomic E-state index is 12.0. The summed E-state index contributed by atoms with van der Waals surface area (Å²) in [6.07, 6.45) is 0. The molecule has 0 aliphatic rings. The van der Waals surface area contributed by atoms with Gasteiger partial charge in [-0.15, -0.1) is 12.4 Å². The van der Waals surface area contributed by atoms with E-state index in [1.54, 1.807) is 0 Å². The standard InChI is InChI=1S/C15H20N2O2.ClH/c1-10(16-3)9-17-15(18)11(2)14-8-12-6-4-5-7-13(12)19-14;/h4-8,10-11,16H,9H2,1-3H3,(H,17,18);1H. The Morgan fingerprint density at radius 2 is 2.00 bits per heavy atom. The fourth-order valence-corrected chi connectivity index (χ4v) is 1.85. The fourth-order valence-electron chi connectivity index (χ4n) is 1.85. The van der Waals surface area contributed by atoms with Gasteiger partial charge in [-0.2, -0.15) is 0 Å². The summed E-state index contributed by atoms with van der Waals surface area (Å²) < 4.78 is 5.71. The molecule has 0 fully saturated rings. The average Bonchev–Trinajstić information content (AvgIpc) is 2.87. The Labute approximate surface area is 125 Å². The second kappa shape index (κ2) is 7.31. The first-order valence-corrected chi connectivity index (χ1v) is 6.55. The van der Waals surface area contributed by atoms with Crippen molar-refractivity contribution >= 4 is 29.3 Å². The van der Waals surface area contributed by atoms with Crippen LogP contribution in [-0.4, -0.2) is 25.5 Å². The summed E-state index contributed by atoms with van der Waals surface area (Å²) in [7, 11) is 1.87. The largest absolute Gasteiger partial charge is 0.460 e. The van der Waals surface area contributed by atoms with Crippen LogP contribution in [-0.2, 0) is 4.79 Å². The first-order chi connectivity index (χ1) is 9.11. The van der Waals surface area contributed by atoms with E-state index in [-0.39, 0.29) is 30.3 Å². The van der Waals surface area contributed by atoms with E-state index >= 15 is 0 Å². The fraction of sp³-hybridized carbons (Fsp3) is 0.400. The van der Waals surface area contributed by atoms with E-state index in [1.807, 2.05) is 51.2 Å². The van der Waals surface area contributed by atoms with Crippen LogP contribution in [0, 0.1) is 0 Å². The van der Waals surface area contributed by atoms with Gasteiger partial charge in [0.15, 0.2) is 0 Å². The smallest absolute Gasteiger partial charge is 0.230 e. The molecule has 1 aromatic heterocycles. The van der Waals surface area contributed by atoms with Crippen LogP contribution in [0.1, 0.15) is 25.5 Å². The zero-order chi connectivity index (χ0) is 13.8. The minimum atomic E-state index is -0.281. The third kappa shape index (κ3) is 3.74. The molecule has 2 unspecified atom stereocenters. The molecule has 0 saturated heterocycles. The van der Waals surface area contributed by atoms with E-state index < -0.39 is 0 Å². The summed E-state index contributed by atoms with van der Waals surface area (Å²) in [5, 5.41) is 7.03. The van der Waals surface area contributed by atoms with Crippen molar-refractivity contribution in [3.63, 3.8) is 0 Å². The van der Waals surface area contributed by atoms with Crippen LogP contribution in [0.4, 0.5) is 0 Å². The molecule has 0 bridgehead atoms. The van der Waals surface area contributed by atoms with Gasteiger partial charge in [0, 0.05) is 18.0 Å². The Hall–Kier alpha value is -1.52. The molecule has 4 nitrogen and oxygen atoms in total. The van der Waals surface area contributed by atoms with Crippen LogP contribution in [0.15, 0.2) is 34.7 Å². The third-order valence-electron chi connectivity index (χ3n) is 3.34. The number of para-hydroxylation sites is 1. The highest BCUT2D eigenvalue weighted by Gasteiger charge is 2.19. The molecule has 5 heteroatoms. The molecule has 0 aliphatic carbocycles. The van der Waals surface area contributed by atoms with Gasteiger partial charge in [0.25, 0.3) is 0 Å². The predicted molar refractivity (Wildman–Crippen MR) is 83.4 cm³/mol. The number of amides is 1. The van der Waals surface area contributed by atoms with Gasteiger partial charge in [0.05, 0.1) is 5.92 Å². The van der Waals surface area contributed by atoms with Crippen molar-refractivity contribution in [2.45, 2.75) is 25.8 Å². The zero-order valence-electron chi connectivity index (χ0n) is 12.0. The summed E-state index contributed by atoms with van der Waals surface area (Å²) in [4.78, 5) is 12.0. The van der Waals surface area contributed by atoms with Crippen LogP contribution in [0.3, 0.4) is 0 Å². The Balaban J connectivity index is 0.00000200. The number of hydrogen-bond donors (Lipinski definition) is 2. The predicted octanol–water partition coefficient (Wildman–Crippen LogP) is 2.68. The van der Waals surface area contributed by atoms with Crippen molar-refractivity contribution in [3.05, 3.63) is 36.1 Å². The first kappa shape index (κ1) is 16.5. The Kier molecular flexibility index (Phi) is 6.05. The van der Waals surface area contributed by atoms with Crippen molar-refractivity contribution in [2.24, 2.45) is 0 Å². The normalized spacial score (nSPS) is 13.6. The lowest BCUT2D eigenvalue weighted by Crippen LogP contribution is -2.38. The van der Waals surface area contributed by atoms with Crippen LogP contribution >= 0.6 is 12.4 Å². The molecule has 20 heavy (non-hydrogen) atoms. The van der Waals surface area contributed by atoms with Gasteiger partial charge in [-0.25, -0.2) is 0 Å². The van der Waals surface area contributed by atoms with Crippen LogP contribution in [0.25, 0.3) is 11.0 Å². The molecule has 2 atom stereocenters. The van der Waals surface area contributed by atoms with Gasteiger partial charge < -0.3 is 15.1 Å². The van der Waals surface area contributed by atoms with Crippen molar-refractivity contribution in [1.29, 1.82) is 0 Å². The third-order valence-corrected chi connectivity index (χ3v) is 3.34. The van der Waals surface area contributed by atoms with Gasteiger partial charge in [-0.1, -0.05) is 18.2 Å². The molecule has 2 aromatic rings. The van der Waals surface area contributed by atoms with Crippen LogP contribution < -0.4 is 10.6 Å². The lowest BCUT2D eigenvalue weighted by atomic mass is 10.1. The van der Waals surface area contributed by atoms with E-state index in [9.17, 15) is 4.79 Å². The van der Waals surface area contributed by atoms with Crippen molar-refractivity contribution < 1.29 is 9.21 Å². The molecule has 1 amide bonds. The Morgan fingerprint density at radius 1 is 1.30 bits per heavy atom. The molecule has 0 radical (unpaired) electrons.